The van der Waals surface area contributed by atoms with E-state index in [9.17, 15) is 5.11 Å². The summed E-state index contributed by atoms with van der Waals surface area (Å²) < 4.78 is 15.7. The van der Waals surface area contributed by atoms with Crippen LogP contribution in [0.3, 0.4) is 0 Å². The number of nitrogens with one attached hydrogen (secondary N) is 4. The van der Waals surface area contributed by atoms with Crippen LogP contribution in [0.1, 0.15) is 60.8 Å². The number of H-pyrrole nitrogens is 1. The van der Waals surface area contributed by atoms with E-state index < -0.39 is 6.17 Å². The van der Waals surface area contributed by atoms with Crippen LogP contribution in [0.4, 0.5) is 4.39 Å². The molecule has 1 saturated heterocycles. The third-order valence-corrected chi connectivity index (χ3v) is 7.24. The molecule has 7 nitrogen and oxygen atoms in total. The Morgan fingerprint density at radius 2 is 2.16 bits per heavy atom. The van der Waals surface area contributed by atoms with E-state index in [1.807, 2.05) is 19.2 Å². The number of fused-ring (bicyclic) bond motifs is 1. The summed E-state index contributed by atoms with van der Waals surface area (Å²) >= 11 is 0. The predicted molar refractivity (Wildman–Crippen MR) is 119 cm³/mol. The first-order valence-corrected chi connectivity index (χ1v) is 11.4. The second-order valence-corrected chi connectivity index (χ2v) is 9.04. The average Bonchev–Trinajstić information content (AvgIpc) is 3.53. The second-order valence-electron chi connectivity index (χ2n) is 9.04. The monoisotopic (exact) mass is 436 g/mol. The molecule has 2 aromatic rings. The highest BCUT2D eigenvalue weighted by Gasteiger charge is 2.48. The minimum Gasteiger partial charge on any atom is -0.508 e. The van der Waals surface area contributed by atoms with E-state index in [1.165, 1.54) is 0 Å². The Morgan fingerprint density at radius 3 is 2.97 bits per heavy atom. The lowest BCUT2D eigenvalue weighted by Gasteiger charge is -2.36. The van der Waals surface area contributed by atoms with Gasteiger partial charge in [-0.25, -0.2) is 14.8 Å². The first-order valence-electron chi connectivity index (χ1n) is 11.4. The lowest BCUT2D eigenvalue weighted by Crippen LogP contribution is -2.45. The smallest absolute Gasteiger partial charge is 0.125 e. The molecule has 3 aliphatic rings. The number of aryl methyl sites for hydroxylation is 1. The Balaban J connectivity index is 1.32. The fraction of sp³-hybridized carbons (Fsp3) is 0.500. The number of halogens is 1. The lowest BCUT2D eigenvalue weighted by molar-refractivity contribution is 0.135. The van der Waals surface area contributed by atoms with Gasteiger partial charge in [-0.3, -0.25) is 5.43 Å². The maximum atomic E-state index is 15.7. The van der Waals surface area contributed by atoms with Crippen LogP contribution in [0.25, 0.3) is 5.57 Å². The molecule has 1 aromatic heterocycles. The summed E-state index contributed by atoms with van der Waals surface area (Å²) in [4.78, 5) is 8.02. The standard InChI is InChI=1S/C24H29FN6O/c1-2-13-10-16(32)3-4-17(13)18-5-6-19-22(21(18)25)30-31-23(19)24-28-12-20(29-24)14-9-15(7-8-26)27-11-14/h3-4,9-10,12,15,18-19,21-23,27,30-32H,2,5-7,11H2,1H3,(H,28,29)/t15-,18?,19?,21?,22?,23?/m1/s1. The number of nitriles is 1. The van der Waals surface area contributed by atoms with Gasteiger partial charge in [0.1, 0.15) is 17.7 Å². The fourth-order valence-electron chi connectivity index (χ4n) is 5.58. The van der Waals surface area contributed by atoms with Gasteiger partial charge in [0.25, 0.3) is 0 Å². The van der Waals surface area contributed by atoms with Crippen LogP contribution in [0.15, 0.2) is 30.5 Å². The van der Waals surface area contributed by atoms with Crippen molar-refractivity contribution in [2.75, 3.05) is 6.54 Å². The summed E-state index contributed by atoms with van der Waals surface area (Å²) in [5, 5.41) is 22.0. The van der Waals surface area contributed by atoms with Gasteiger partial charge in [-0.15, -0.1) is 0 Å². The quantitative estimate of drug-likeness (QED) is 0.493. The number of aromatic amines is 1. The molecule has 168 valence electrons. The number of aromatic hydroxyl groups is 1. The molecule has 1 saturated carbocycles. The molecule has 0 bridgehead atoms. The largest absolute Gasteiger partial charge is 0.508 e. The van der Waals surface area contributed by atoms with Gasteiger partial charge in [-0.2, -0.15) is 5.26 Å². The van der Waals surface area contributed by atoms with Crippen molar-refractivity contribution < 1.29 is 9.50 Å². The summed E-state index contributed by atoms with van der Waals surface area (Å²) in [6.07, 6.45) is 5.74. The van der Waals surface area contributed by atoms with Crippen molar-refractivity contribution >= 4 is 5.57 Å². The van der Waals surface area contributed by atoms with Crippen LogP contribution in [0, 0.1) is 17.2 Å². The Hall–Kier alpha value is -2.73. The normalized spacial score (nSPS) is 31.8. The van der Waals surface area contributed by atoms with Crippen molar-refractivity contribution in [2.45, 2.75) is 62.8 Å². The fourth-order valence-corrected chi connectivity index (χ4v) is 5.58. The molecular formula is C24H29FN6O. The molecule has 32 heavy (non-hydrogen) atoms. The molecule has 5 rings (SSSR count). The lowest BCUT2D eigenvalue weighted by atomic mass is 9.71. The highest BCUT2D eigenvalue weighted by molar-refractivity contribution is 5.66. The van der Waals surface area contributed by atoms with Gasteiger partial charge in [-0.1, -0.05) is 19.1 Å². The van der Waals surface area contributed by atoms with Crippen molar-refractivity contribution in [3.63, 3.8) is 0 Å². The molecule has 0 radical (unpaired) electrons. The zero-order valence-electron chi connectivity index (χ0n) is 18.1. The Labute approximate surface area is 187 Å². The number of rotatable bonds is 5. The number of nitrogens with zero attached hydrogens (tertiary/aromatic N) is 2. The van der Waals surface area contributed by atoms with Crippen LogP contribution in [0.2, 0.25) is 0 Å². The molecule has 3 heterocycles. The summed E-state index contributed by atoms with van der Waals surface area (Å²) in [6, 6.07) is 7.20. The zero-order valence-corrected chi connectivity index (χ0v) is 18.1. The molecule has 5 N–H and O–H groups in total. The topological polar surface area (TPSA) is 109 Å². The maximum absolute atomic E-state index is 15.7. The molecule has 0 spiro atoms. The van der Waals surface area contributed by atoms with Crippen LogP contribution >= 0.6 is 0 Å². The molecule has 1 aromatic carbocycles. The van der Waals surface area contributed by atoms with Crippen LogP contribution in [-0.2, 0) is 6.42 Å². The number of phenolic OH excluding ortho intramolecular Hbond substituents is 1. The molecule has 1 aliphatic carbocycles. The first-order chi connectivity index (χ1) is 15.6. The minimum atomic E-state index is -1.02. The van der Waals surface area contributed by atoms with Gasteiger partial charge < -0.3 is 15.4 Å². The number of phenols is 1. The molecule has 6 atom stereocenters. The van der Waals surface area contributed by atoms with Crippen LogP contribution < -0.4 is 16.2 Å². The average molecular weight is 437 g/mol. The summed E-state index contributed by atoms with van der Waals surface area (Å²) in [7, 11) is 0. The van der Waals surface area contributed by atoms with Crippen LogP contribution in [-0.4, -0.2) is 39.9 Å². The SMILES string of the molecule is CCc1cc(O)ccc1C1CCC2C(c3ncc(C4=C[C@@H](CC#N)NC4)[nH]3)NNC2C1F. The van der Waals surface area contributed by atoms with E-state index in [-0.39, 0.29) is 35.7 Å². The number of alkyl halides is 1. The second kappa shape index (κ2) is 8.66. The molecule has 8 heteroatoms. The Kier molecular flexibility index (Phi) is 5.72. The van der Waals surface area contributed by atoms with Crippen molar-refractivity contribution in [3.05, 3.63) is 53.1 Å². The van der Waals surface area contributed by atoms with Gasteiger partial charge in [0.2, 0.25) is 0 Å². The first kappa shape index (κ1) is 21.1. The molecule has 5 unspecified atom stereocenters. The third kappa shape index (κ3) is 3.71. The van der Waals surface area contributed by atoms with Gasteiger partial charge in [0, 0.05) is 24.4 Å². The minimum absolute atomic E-state index is 0.0767. The van der Waals surface area contributed by atoms with E-state index in [4.69, 9.17) is 5.26 Å². The Bertz CT molecular complexity index is 1060. The van der Waals surface area contributed by atoms with E-state index in [2.05, 4.69) is 38.3 Å². The highest BCUT2D eigenvalue weighted by atomic mass is 19.1. The zero-order chi connectivity index (χ0) is 22.2. The molecule has 0 amide bonds. The van der Waals surface area contributed by atoms with E-state index in [1.54, 1.807) is 12.1 Å². The van der Waals surface area contributed by atoms with E-state index >= 15 is 4.39 Å². The van der Waals surface area contributed by atoms with E-state index in [0.29, 0.717) is 13.0 Å². The number of hydrazine groups is 1. The maximum Gasteiger partial charge on any atom is 0.125 e. The number of hydrogen-bond donors (Lipinski definition) is 5. The van der Waals surface area contributed by atoms with Gasteiger partial charge in [-0.05, 0) is 48.1 Å². The molecule has 2 aliphatic heterocycles. The highest BCUT2D eigenvalue weighted by Crippen LogP contribution is 2.45. The van der Waals surface area contributed by atoms with Crippen LogP contribution in [0.5, 0.6) is 5.75 Å². The van der Waals surface area contributed by atoms with Gasteiger partial charge in [0.05, 0.1) is 36.5 Å². The number of imidazole rings is 1. The third-order valence-electron chi connectivity index (χ3n) is 7.24. The molecular weight excluding hydrogens is 407 g/mol. The number of hydrogen-bond acceptors (Lipinski definition) is 6. The summed E-state index contributed by atoms with van der Waals surface area (Å²) in [5.41, 5.74) is 10.6. The van der Waals surface area contributed by atoms with Crippen molar-refractivity contribution in [1.29, 1.82) is 5.26 Å². The van der Waals surface area contributed by atoms with Crippen molar-refractivity contribution in [1.82, 2.24) is 26.1 Å². The van der Waals surface area contributed by atoms with Crippen molar-refractivity contribution in [2.24, 2.45) is 5.92 Å². The Morgan fingerprint density at radius 1 is 1.28 bits per heavy atom. The number of aromatic nitrogens is 2. The van der Waals surface area contributed by atoms with E-state index in [0.717, 1.165) is 47.5 Å². The summed E-state index contributed by atoms with van der Waals surface area (Å²) in [6.45, 7) is 2.74. The van der Waals surface area contributed by atoms with Gasteiger partial charge in [0.15, 0.2) is 0 Å². The predicted octanol–water partition coefficient (Wildman–Crippen LogP) is 3.00. The molecule has 2 fully saturated rings. The van der Waals surface area contributed by atoms with Crippen molar-refractivity contribution in [3.8, 4) is 11.8 Å². The number of benzene rings is 1. The van der Waals surface area contributed by atoms with Gasteiger partial charge >= 0.3 is 0 Å². The summed E-state index contributed by atoms with van der Waals surface area (Å²) in [5.74, 6) is 0.966.